The summed E-state index contributed by atoms with van der Waals surface area (Å²) in [5, 5.41) is 0. The van der Waals surface area contributed by atoms with Crippen LogP contribution in [0.2, 0.25) is 0 Å². The lowest BCUT2D eigenvalue weighted by Crippen LogP contribution is -2.37. The molecule has 42 heavy (non-hydrogen) atoms. The third-order valence-corrected chi connectivity index (χ3v) is 8.53. The zero-order chi connectivity index (χ0) is 30.2. The molecule has 0 saturated carbocycles. The molecule has 0 saturated heterocycles. The van der Waals surface area contributed by atoms with Gasteiger partial charge < -0.3 is 0 Å². The van der Waals surface area contributed by atoms with Gasteiger partial charge >= 0.3 is 0 Å². The van der Waals surface area contributed by atoms with Crippen molar-refractivity contribution in [2.75, 3.05) is 6.26 Å². The van der Waals surface area contributed by atoms with Gasteiger partial charge in [0.05, 0.1) is 10.8 Å². The zero-order valence-electron chi connectivity index (χ0n) is 25.3. The highest BCUT2D eigenvalue weighted by Crippen LogP contribution is 2.58. The fourth-order valence-corrected chi connectivity index (χ4v) is 6.91. The SMILES string of the molecule is C=C/C(=C\C=C/C)C12C/C(=C\C=C/C(=C)C(C(/C=C\C)=C/C)(c3ccccc3)c3ccccc31)c1ccccc12.CS. The van der Waals surface area contributed by atoms with Crippen LogP contribution in [-0.4, -0.2) is 6.26 Å². The van der Waals surface area contributed by atoms with Crippen molar-refractivity contribution in [1.29, 1.82) is 0 Å². The first kappa shape index (κ1) is 30.9. The number of allylic oxidation sites excluding steroid dienone is 14. The Morgan fingerprint density at radius 2 is 1.43 bits per heavy atom. The van der Waals surface area contributed by atoms with Gasteiger partial charge in [-0.3, -0.25) is 0 Å². The molecule has 2 unspecified atom stereocenters. The summed E-state index contributed by atoms with van der Waals surface area (Å²) in [7, 11) is 0. The fraction of sp³-hybridized carbons (Fsp3) is 0.171. The first-order valence-corrected chi connectivity index (χ1v) is 15.5. The molecule has 0 heterocycles. The monoisotopic (exact) mass is 566 g/mol. The maximum Gasteiger partial charge on any atom is 0.0695 e. The maximum atomic E-state index is 4.79. The lowest BCUT2D eigenvalue weighted by atomic mass is 9.58. The first-order chi connectivity index (χ1) is 20.6. The highest BCUT2D eigenvalue weighted by Gasteiger charge is 2.50. The Morgan fingerprint density at radius 3 is 2.07 bits per heavy atom. The van der Waals surface area contributed by atoms with E-state index in [1.165, 1.54) is 44.5 Å². The largest absolute Gasteiger partial charge is 0.183 e. The fourth-order valence-electron chi connectivity index (χ4n) is 6.91. The Labute approximate surface area is 259 Å². The molecule has 2 aliphatic carbocycles. The average Bonchev–Trinajstić information content (AvgIpc) is 3.37. The third kappa shape index (κ3) is 4.97. The van der Waals surface area contributed by atoms with Crippen LogP contribution in [0.3, 0.4) is 0 Å². The van der Waals surface area contributed by atoms with E-state index in [1.54, 1.807) is 6.26 Å². The van der Waals surface area contributed by atoms with Gasteiger partial charge in [-0.15, -0.1) is 0 Å². The van der Waals surface area contributed by atoms with Gasteiger partial charge in [0.15, 0.2) is 0 Å². The number of hydrogen-bond acceptors (Lipinski definition) is 1. The molecular formula is C41H42S. The molecule has 212 valence electrons. The summed E-state index contributed by atoms with van der Waals surface area (Å²) >= 11 is 3.53. The van der Waals surface area contributed by atoms with Crippen LogP contribution in [-0.2, 0) is 10.8 Å². The molecule has 3 aromatic carbocycles. The molecule has 0 N–H and O–H groups in total. The molecule has 2 aliphatic rings. The summed E-state index contributed by atoms with van der Waals surface area (Å²) in [6, 6.07) is 28.8. The standard InChI is InChI=1S/C40H38.CH4S/c1-6-10-22-32(8-3)39-29-31(35-25-14-15-26-36(35)39)21-18-20-30(5)40(33(9-4)19-7-2,34-23-12-11-13-24-34)38-28-17-16-27-37(38)39;1-2/h6-28H,3,5,29H2,1-2,4H3;2H,1H3/b10-6-,19-7-,20-18-,31-21+,32-22+,33-9+;. The van der Waals surface area contributed by atoms with Crippen molar-refractivity contribution < 1.29 is 0 Å². The van der Waals surface area contributed by atoms with E-state index in [2.05, 4.69) is 180 Å². The van der Waals surface area contributed by atoms with Crippen LogP contribution >= 0.6 is 12.6 Å². The minimum absolute atomic E-state index is 0.416. The van der Waals surface area contributed by atoms with Crippen LogP contribution in [0.1, 0.15) is 55.0 Å². The average molecular weight is 567 g/mol. The molecule has 3 aromatic rings. The summed E-state index contributed by atoms with van der Waals surface area (Å²) in [6.07, 6.45) is 24.4. The van der Waals surface area contributed by atoms with Crippen molar-refractivity contribution >= 4 is 18.2 Å². The summed E-state index contributed by atoms with van der Waals surface area (Å²) < 4.78 is 0. The predicted octanol–water partition coefficient (Wildman–Crippen LogP) is 10.9. The molecule has 1 heteroatoms. The van der Waals surface area contributed by atoms with E-state index in [0.29, 0.717) is 0 Å². The quantitative estimate of drug-likeness (QED) is 0.223. The first-order valence-electron chi connectivity index (χ1n) is 14.6. The number of rotatable bonds is 6. The van der Waals surface area contributed by atoms with Crippen LogP contribution in [0.15, 0.2) is 170 Å². The molecule has 0 fully saturated rings. The summed E-state index contributed by atoms with van der Waals surface area (Å²) in [6.45, 7) is 15.4. The van der Waals surface area contributed by atoms with Crippen molar-refractivity contribution in [3.63, 3.8) is 0 Å². The van der Waals surface area contributed by atoms with Gasteiger partial charge in [-0.1, -0.05) is 153 Å². The van der Waals surface area contributed by atoms with E-state index in [-0.39, 0.29) is 0 Å². The van der Waals surface area contributed by atoms with Gasteiger partial charge in [0.2, 0.25) is 0 Å². The minimum atomic E-state index is -0.599. The van der Waals surface area contributed by atoms with Gasteiger partial charge in [0.25, 0.3) is 0 Å². The molecular weight excluding hydrogens is 525 g/mol. The van der Waals surface area contributed by atoms with E-state index in [4.69, 9.17) is 6.58 Å². The molecule has 0 spiro atoms. The van der Waals surface area contributed by atoms with E-state index >= 15 is 0 Å². The predicted molar refractivity (Wildman–Crippen MR) is 188 cm³/mol. The van der Waals surface area contributed by atoms with E-state index in [9.17, 15) is 0 Å². The Morgan fingerprint density at radius 1 is 0.786 bits per heavy atom. The van der Waals surface area contributed by atoms with Crippen LogP contribution in [0.5, 0.6) is 0 Å². The maximum absolute atomic E-state index is 4.79. The highest BCUT2D eigenvalue weighted by molar-refractivity contribution is 7.79. The van der Waals surface area contributed by atoms with Crippen LogP contribution in [0.25, 0.3) is 5.57 Å². The molecule has 0 nitrogen and oxygen atoms in total. The minimum Gasteiger partial charge on any atom is -0.183 e. The molecule has 0 aliphatic heterocycles. The molecule has 0 radical (unpaired) electrons. The number of fused-ring (bicyclic) bond motifs is 7. The highest BCUT2D eigenvalue weighted by atomic mass is 32.1. The van der Waals surface area contributed by atoms with E-state index < -0.39 is 10.8 Å². The zero-order valence-corrected chi connectivity index (χ0v) is 26.2. The van der Waals surface area contributed by atoms with Gasteiger partial charge in [-0.25, -0.2) is 0 Å². The Kier molecular flexibility index (Phi) is 10.1. The van der Waals surface area contributed by atoms with Crippen LogP contribution < -0.4 is 0 Å². The van der Waals surface area contributed by atoms with Crippen molar-refractivity contribution in [3.8, 4) is 0 Å². The Bertz CT molecular complexity index is 1620. The van der Waals surface area contributed by atoms with Gasteiger partial charge in [0, 0.05) is 0 Å². The normalized spacial score (nSPS) is 23.8. The van der Waals surface area contributed by atoms with Crippen LogP contribution in [0, 0.1) is 0 Å². The second-order valence-corrected chi connectivity index (χ2v) is 10.5. The van der Waals surface area contributed by atoms with E-state index in [0.717, 1.165) is 12.0 Å². The van der Waals surface area contributed by atoms with Gasteiger partial charge in [0.1, 0.15) is 0 Å². The van der Waals surface area contributed by atoms with Crippen LogP contribution in [0.4, 0.5) is 0 Å². The van der Waals surface area contributed by atoms with Crippen molar-refractivity contribution in [2.45, 2.75) is 38.0 Å². The molecule has 5 rings (SSSR count). The number of thiol groups is 1. The van der Waals surface area contributed by atoms with Gasteiger partial charge in [-0.2, -0.15) is 12.6 Å². The number of hydrogen-bond donors (Lipinski definition) is 1. The van der Waals surface area contributed by atoms with Crippen molar-refractivity contribution in [2.24, 2.45) is 0 Å². The van der Waals surface area contributed by atoms with Crippen molar-refractivity contribution in [3.05, 3.63) is 197 Å². The Hall–Kier alpha value is -4.07. The summed E-state index contributed by atoms with van der Waals surface area (Å²) in [5.74, 6) is 0. The molecule has 2 atom stereocenters. The molecule has 0 aromatic heterocycles. The summed E-state index contributed by atoms with van der Waals surface area (Å²) in [5.41, 5.74) is 10.1. The summed E-state index contributed by atoms with van der Waals surface area (Å²) in [4.78, 5) is 0. The smallest absolute Gasteiger partial charge is 0.0695 e. The lowest BCUT2D eigenvalue weighted by molar-refractivity contribution is 0.625. The van der Waals surface area contributed by atoms with Gasteiger partial charge in [-0.05, 0) is 83.6 Å². The second-order valence-electron chi connectivity index (χ2n) is 10.5. The third-order valence-electron chi connectivity index (χ3n) is 8.53. The molecule has 0 amide bonds. The van der Waals surface area contributed by atoms with Crippen molar-refractivity contribution in [1.82, 2.24) is 0 Å². The Balaban J connectivity index is 0.00000198. The lowest BCUT2D eigenvalue weighted by Gasteiger charge is -2.43. The van der Waals surface area contributed by atoms with E-state index in [1.807, 2.05) is 0 Å². The number of benzene rings is 3. The topological polar surface area (TPSA) is 0 Å². The second kappa shape index (κ2) is 13.7. The molecule has 2 bridgehead atoms.